The fraction of sp³-hybridized carbons (Fsp3) is 0.182. The van der Waals surface area contributed by atoms with E-state index in [1.165, 1.54) is 22.5 Å². The largest absolute Gasteiger partial charge is 0.497 e. The van der Waals surface area contributed by atoms with Crippen LogP contribution in [0.25, 0.3) is 0 Å². The fourth-order valence-electron chi connectivity index (χ4n) is 3.54. The lowest BCUT2D eigenvalue weighted by Gasteiger charge is -2.38. The number of fused-ring (bicyclic) bond motifs is 1. The number of halogens is 1. The molecule has 29 heavy (non-hydrogen) atoms. The molecule has 0 amide bonds. The minimum Gasteiger partial charge on any atom is -0.497 e. The third-order valence-electron chi connectivity index (χ3n) is 4.99. The van der Waals surface area contributed by atoms with Gasteiger partial charge in [0.25, 0.3) is 10.0 Å². The summed E-state index contributed by atoms with van der Waals surface area (Å²) in [7, 11) is -2.46. The molecule has 4 rings (SSSR count). The van der Waals surface area contributed by atoms with Crippen molar-refractivity contribution >= 4 is 21.4 Å². The lowest BCUT2D eigenvalue weighted by molar-refractivity contribution is 0.414. The summed E-state index contributed by atoms with van der Waals surface area (Å²) in [6.45, 7) is 1.33. The van der Waals surface area contributed by atoms with Gasteiger partial charge in [0.1, 0.15) is 16.5 Å². The van der Waals surface area contributed by atoms with Crippen LogP contribution in [0.2, 0.25) is 0 Å². The van der Waals surface area contributed by atoms with E-state index in [4.69, 9.17) is 4.74 Å². The van der Waals surface area contributed by atoms with Gasteiger partial charge in [-0.05, 0) is 29.8 Å². The van der Waals surface area contributed by atoms with Gasteiger partial charge < -0.3 is 9.64 Å². The summed E-state index contributed by atoms with van der Waals surface area (Å²) < 4.78 is 47.3. The molecule has 0 atom stereocenters. The Labute approximate surface area is 170 Å². The number of anilines is 2. The van der Waals surface area contributed by atoms with Crippen molar-refractivity contribution in [2.24, 2.45) is 0 Å². The second kappa shape index (κ2) is 7.75. The fourth-order valence-corrected chi connectivity index (χ4v) is 5.07. The van der Waals surface area contributed by atoms with Crippen molar-refractivity contribution in [1.29, 1.82) is 0 Å². The second-order valence-electron chi connectivity index (χ2n) is 6.77. The van der Waals surface area contributed by atoms with Gasteiger partial charge in [0.05, 0.1) is 25.0 Å². The van der Waals surface area contributed by atoms with Crippen LogP contribution in [0, 0.1) is 5.82 Å². The predicted molar refractivity (Wildman–Crippen MR) is 111 cm³/mol. The molecule has 7 heteroatoms. The number of benzene rings is 3. The van der Waals surface area contributed by atoms with Crippen LogP contribution >= 0.6 is 0 Å². The molecular weight excluding hydrogens is 391 g/mol. The highest BCUT2D eigenvalue weighted by molar-refractivity contribution is 7.92. The summed E-state index contributed by atoms with van der Waals surface area (Å²) in [6.07, 6.45) is 0. The molecule has 0 bridgehead atoms. The molecule has 0 spiro atoms. The molecule has 0 radical (unpaired) electrons. The van der Waals surface area contributed by atoms with Crippen molar-refractivity contribution in [3.8, 4) is 5.75 Å². The first kappa shape index (κ1) is 19.3. The zero-order valence-corrected chi connectivity index (χ0v) is 16.8. The summed E-state index contributed by atoms with van der Waals surface area (Å²) in [5.41, 5.74) is 2.36. The number of hydrogen-bond donors (Lipinski definition) is 0. The molecule has 3 aromatic carbocycles. The van der Waals surface area contributed by atoms with Crippen LogP contribution < -0.4 is 13.9 Å². The Morgan fingerprint density at radius 1 is 0.931 bits per heavy atom. The Morgan fingerprint density at radius 2 is 1.66 bits per heavy atom. The molecule has 5 nitrogen and oxygen atoms in total. The maximum Gasteiger partial charge on any atom is 0.267 e. The number of sulfonamides is 1. The number of nitrogens with zero attached hydrogens (tertiary/aromatic N) is 2. The van der Waals surface area contributed by atoms with Gasteiger partial charge in [0.2, 0.25) is 0 Å². The van der Waals surface area contributed by atoms with E-state index in [0.29, 0.717) is 24.5 Å². The van der Waals surface area contributed by atoms with Crippen LogP contribution in [0.4, 0.5) is 15.8 Å². The lowest BCUT2D eigenvalue weighted by atomic mass is 10.1. The van der Waals surface area contributed by atoms with Gasteiger partial charge in [-0.25, -0.2) is 12.8 Å². The molecule has 0 saturated carbocycles. The van der Waals surface area contributed by atoms with Crippen LogP contribution in [0.5, 0.6) is 5.75 Å². The molecular formula is C22H21FN2O3S. The molecule has 1 aliphatic rings. The number of ether oxygens (including phenoxy) is 1. The van der Waals surface area contributed by atoms with Crippen molar-refractivity contribution in [2.75, 3.05) is 29.4 Å². The van der Waals surface area contributed by atoms with Crippen LogP contribution in [-0.2, 0) is 16.6 Å². The van der Waals surface area contributed by atoms with Gasteiger partial charge in [0.15, 0.2) is 0 Å². The normalized spacial score (nSPS) is 13.9. The average Bonchev–Trinajstić information content (AvgIpc) is 2.74. The van der Waals surface area contributed by atoms with Crippen LogP contribution in [-0.4, -0.2) is 28.6 Å². The number of methoxy groups -OCH3 is 1. The Balaban J connectivity index is 1.77. The zero-order valence-electron chi connectivity index (χ0n) is 16.0. The highest BCUT2D eigenvalue weighted by Crippen LogP contribution is 2.39. The quantitative estimate of drug-likeness (QED) is 0.634. The van der Waals surface area contributed by atoms with E-state index in [-0.39, 0.29) is 11.4 Å². The summed E-state index contributed by atoms with van der Waals surface area (Å²) in [6, 6.07) is 20.7. The monoisotopic (exact) mass is 412 g/mol. The Kier molecular flexibility index (Phi) is 5.15. The minimum atomic E-state index is -4.03. The first-order valence-corrected chi connectivity index (χ1v) is 10.7. The Morgan fingerprint density at radius 3 is 2.38 bits per heavy atom. The summed E-state index contributed by atoms with van der Waals surface area (Å²) >= 11 is 0. The van der Waals surface area contributed by atoms with Gasteiger partial charge >= 0.3 is 0 Å². The van der Waals surface area contributed by atoms with Crippen LogP contribution in [0.15, 0.2) is 77.7 Å². The van der Waals surface area contributed by atoms with Gasteiger partial charge in [-0.3, -0.25) is 4.31 Å². The average molecular weight is 412 g/mol. The van der Waals surface area contributed by atoms with Gasteiger partial charge in [-0.15, -0.1) is 0 Å². The van der Waals surface area contributed by atoms with Crippen molar-refractivity contribution in [2.45, 2.75) is 11.4 Å². The molecule has 0 N–H and O–H groups in total. The van der Waals surface area contributed by atoms with E-state index in [2.05, 4.69) is 4.90 Å². The van der Waals surface area contributed by atoms with Crippen molar-refractivity contribution in [1.82, 2.24) is 0 Å². The van der Waals surface area contributed by atoms with E-state index in [0.717, 1.165) is 17.3 Å². The third-order valence-corrected chi connectivity index (χ3v) is 6.83. The highest BCUT2D eigenvalue weighted by atomic mass is 32.2. The maximum atomic E-state index is 14.3. The lowest BCUT2D eigenvalue weighted by Crippen LogP contribution is -2.44. The second-order valence-corrected chi connectivity index (χ2v) is 8.60. The van der Waals surface area contributed by atoms with E-state index >= 15 is 0 Å². The van der Waals surface area contributed by atoms with E-state index in [9.17, 15) is 12.8 Å². The van der Waals surface area contributed by atoms with Gasteiger partial charge in [-0.1, -0.05) is 42.5 Å². The topological polar surface area (TPSA) is 49.9 Å². The van der Waals surface area contributed by atoms with Crippen molar-refractivity contribution < 1.29 is 17.5 Å². The van der Waals surface area contributed by atoms with Gasteiger partial charge in [0, 0.05) is 19.2 Å². The van der Waals surface area contributed by atoms with Crippen LogP contribution in [0.1, 0.15) is 5.56 Å². The SMILES string of the molecule is COc1ccc2c(c1)N(Cc1ccccc1)CCN2S(=O)(=O)c1ccccc1F. The molecule has 1 heterocycles. The first-order valence-electron chi connectivity index (χ1n) is 9.25. The molecule has 1 aliphatic heterocycles. The van der Waals surface area contributed by atoms with Crippen molar-refractivity contribution in [3.63, 3.8) is 0 Å². The summed E-state index contributed by atoms with van der Waals surface area (Å²) in [5, 5.41) is 0. The molecule has 0 aliphatic carbocycles. The predicted octanol–water partition coefficient (Wildman–Crippen LogP) is 4.05. The van der Waals surface area contributed by atoms with E-state index in [1.807, 2.05) is 36.4 Å². The smallest absolute Gasteiger partial charge is 0.267 e. The molecule has 0 aromatic heterocycles. The number of hydrogen-bond acceptors (Lipinski definition) is 4. The molecule has 0 saturated heterocycles. The highest BCUT2D eigenvalue weighted by Gasteiger charge is 2.33. The van der Waals surface area contributed by atoms with Crippen LogP contribution in [0.3, 0.4) is 0 Å². The number of rotatable bonds is 5. The van der Waals surface area contributed by atoms with Gasteiger partial charge in [-0.2, -0.15) is 0 Å². The first-order chi connectivity index (χ1) is 14.0. The minimum absolute atomic E-state index is 0.225. The standard InChI is InChI=1S/C22H21FN2O3S/c1-28-18-11-12-20-21(15-18)24(16-17-7-3-2-4-8-17)13-14-25(20)29(26,27)22-10-6-5-9-19(22)23/h2-12,15H,13-14,16H2,1H3. The zero-order chi connectivity index (χ0) is 20.4. The van der Waals surface area contributed by atoms with Crippen molar-refractivity contribution in [3.05, 3.63) is 84.2 Å². The summed E-state index contributed by atoms with van der Waals surface area (Å²) in [4.78, 5) is 1.79. The maximum absolute atomic E-state index is 14.3. The molecule has 0 fully saturated rings. The molecule has 3 aromatic rings. The third kappa shape index (κ3) is 3.65. The Bertz CT molecular complexity index is 1120. The van der Waals surface area contributed by atoms with E-state index in [1.54, 1.807) is 19.2 Å². The molecule has 0 unspecified atom stereocenters. The Hall–Kier alpha value is -3.06. The molecule has 150 valence electrons. The van der Waals surface area contributed by atoms with E-state index < -0.39 is 15.8 Å². The summed E-state index contributed by atoms with van der Waals surface area (Å²) in [5.74, 6) is -0.124.